The van der Waals surface area contributed by atoms with E-state index in [-0.39, 0.29) is 22.5 Å². The van der Waals surface area contributed by atoms with Gasteiger partial charge in [0.25, 0.3) is 0 Å². The third-order valence-electron chi connectivity index (χ3n) is 3.70. The van der Waals surface area contributed by atoms with Crippen LogP contribution in [0, 0.1) is 0 Å². The van der Waals surface area contributed by atoms with Gasteiger partial charge in [-0.2, -0.15) is 0 Å². The quantitative estimate of drug-likeness (QED) is 0.441. The van der Waals surface area contributed by atoms with Crippen molar-refractivity contribution in [3.05, 3.63) is 69.6 Å². The van der Waals surface area contributed by atoms with Gasteiger partial charge >= 0.3 is 6.36 Å². The molecule has 1 aromatic carbocycles. The first kappa shape index (κ1) is 18.9. The second kappa shape index (κ2) is 7.05. The number of ketones is 2. The molecule has 1 aliphatic rings. The summed E-state index contributed by atoms with van der Waals surface area (Å²) in [4.78, 5) is 31.6. The van der Waals surface area contributed by atoms with Crippen LogP contribution >= 0.6 is 0 Å². The zero-order chi connectivity index (χ0) is 20.5. The molecule has 0 unspecified atom stereocenters. The molecule has 11 heteroatoms. The van der Waals surface area contributed by atoms with Crippen molar-refractivity contribution in [2.45, 2.75) is 6.36 Å². The third-order valence-corrected chi connectivity index (χ3v) is 3.70. The van der Waals surface area contributed by atoms with E-state index in [1.807, 2.05) is 0 Å². The monoisotopic (exact) mass is 390 g/mol. The van der Waals surface area contributed by atoms with Gasteiger partial charge in [0.05, 0.1) is 18.4 Å². The van der Waals surface area contributed by atoms with E-state index in [2.05, 4.69) is 19.7 Å². The van der Waals surface area contributed by atoms with Gasteiger partial charge in [0.2, 0.25) is 11.6 Å². The summed E-state index contributed by atoms with van der Waals surface area (Å²) < 4.78 is 45.9. The summed E-state index contributed by atoms with van der Waals surface area (Å²) in [5, 5.41) is 3.20. The van der Waals surface area contributed by atoms with E-state index in [1.54, 1.807) is 0 Å². The molecule has 3 rings (SSSR count). The van der Waals surface area contributed by atoms with Gasteiger partial charge in [-0.1, -0.05) is 17.2 Å². The Labute approximate surface area is 154 Å². The smallest absolute Gasteiger partial charge is 0.492 e. The molecule has 1 aliphatic carbocycles. The molecule has 8 nitrogen and oxygen atoms in total. The predicted octanol–water partition coefficient (Wildman–Crippen LogP) is 4.19. The Morgan fingerprint density at radius 1 is 1.14 bits per heavy atom. The molecule has 0 atom stereocenters. The number of aromatic nitrogens is 1. The Balaban J connectivity index is 2.08. The van der Waals surface area contributed by atoms with Crippen molar-refractivity contribution >= 4 is 11.6 Å². The second-order valence-corrected chi connectivity index (χ2v) is 5.40. The number of rotatable bonds is 4. The highest BCUT2D eigenvalue weighted by Crippen LogP contribution is 2.31. The zero-order valence-electron chi connectivity index (χ0n) is 14.0. The number of carbonyl (C=O) groups is 2. The fraction of sp³-hybridized carbons (Fsp3) is 0.118. The van der Waals surface area contributed by atoms with Crippen molar-refractivity contribution in [3.8, 4) is 17.0 Å². The number of fused-ring (bicyclic) bond motifs is 1. The highest BCUT2D eigenvalue weighted by molar-refractivity contribution is 6.25. The molecule has 2 aromatic rings. The lowest BCUT2D eigenvalue weighted by Gasteiger charge is -2.17. The van der Waals surface area contributed by atoms with Crippen LogP contribution in [-0.2, 0) is 4.74 Å². The standard InChI is InChI=1S/C17H9F3N4O4/c1-27-16-13(23-24-21)15(26)12-10(14(16)25)5-6-11(22-12)8-3-2-4-9(7-8)28-17(18,19)20/h2-7H,1H3. The summed E-state index contributed by atoms with van der Waals surface area (Å²) >= 11 is 0. The summed E-state index contributed by atoms with van der Waals surface area (Å²) in [6, 6.07) is 7.62. The van der Waals surface area contributed by atoms with Crippen LogP contribution in [0.5, 0.6) is 5.75 Å². The number of allylic oxidation sites excluding steroid dienone is 2. The van der Waals surface area contributed by atoms with Crippen LogP contribution in [0.15, 0.2) is 53.0 Å². The van der Waals surface area contributed by atoms with E-state index < -0.39 is 35.1 Å². The number of azide groups is 1. The fourth-order valence-corrected chi connectivity index (χ4v) is 2.60. The molecule has 0 aliphatic heterocycles. The lowest BCUT2D eigenvalue weighted by atomic mass is 9.95. The molecule has 0 bridgehead atoms. The molecule has 0 spiro atoms. The minimum atomic E-state index is -4.87. The second-order valence-electron chi connectivity index (χ2n) is 5.40. The van der Waals surface area contributed by atoms with E-state index in [9.17, 15) is 22.8 Å². The minimum absolute atomic E-state index is 0.0785. The van der Waals surface area contributed by atoms with Crippen molar-refractivity contribution in [2.75, 3.05) is 7.11 Å². The Kier molecular flexibility index (Phi) is 4.76. The Morgan fingerprint density at radius 3 is 2.54 bits per heavy atom. The van der Waals surface area contributed by atoms with E-state index in [4.69, 9.17) is 10.3 Å². The number of halogens is 3. The fourth-order valence-electron chi connectivity index (χ4n) is 2.60. The van der Waals surface area contributed by atoms with Gasteiger partial charge in [-0.3, -0.25) is 9.59 Å². The predicted molar refractivity (Wildman–Crippen MR) is 88.2 cm³/mol. The van der Waals surface area contributed by atoms with Gasteiger partial charge in [-0.15, -0.1) is 13.2 Å². The largest absolute Gasteiger partial charge is 0.573 e. The number of alkyl halides is 3. The van der Waals surface area contributed by atoms with Crippen molar-refractivity contribution in [2.24, 2.45) is 5.11 Å². The molecule has 1 heterocycles. The lowest BCUT2D eigenvalue weighted by molar-refractivity contribution is -0.274. The molecule has 0 radical (unpaired) electrons. The molecule has 1 aromatic heterocycles. The maximum atomic E-state index is 12.6. The first-order valence-corrected chi connectivity index (χ1v) is 7.55. The molecule has 0 fully saturated rings. The van der Waals surface area contributed by atoms with Crippen molar-refractivity contribution in [1.82, 2.24) is 4.98 Å². The Hall–Kier alpha value is -3.85. The normalized spacial score (nSPS) is 13.7. The first-order chi connectivity index (χ1) is 13.2. The maximum absolute atomic E-state index is 12.6. The van der Waals surface area contributed by atoms with Crippen LogP contribution in [-0.4, -0.2) is 30.0 Å². The van der Waals surface area contributed by atoms with Crippen molar-refractivity contribution in [3.63, 3.8) is 0 Å². The highest BCUT2D eigenvalue weighted by Gasteiger charge is 2.34. The maximum Gasteiger partial charge on any atom is 0.573 e. The lowest BCUT2D eigenvalue weighted by Crippen LogP contribution is -2.23. The molecular formula is C17H9F3N4O4. The molecule has 142 valence electrons. The topological polar surface area (TPSA) is 114 Å². The Morgan fingerprint density at radius 2 is 1.89 bits per heavy atom. The van der Waals surface area contributed by atoms with E-state index >= 15 is 0 Å². The highest BCUT2D eigenvalue weighted by atomic mass is 19.4. The molecule has 0 N–H and O–H groups in total. The summed E-state index contributed by atoms with van der Waals surface area (Å²) in [5.74, 6) is -2.42. The van der Waals surface area contributed by atoms with Crippen LogP contribution in [0.2, 0.25) is 0 Å². The average Bonchev–Trinajstić information content (AvgIpc) is 2.65. The van der Waals surface area contributed by atoms with E-state index in [0.29, 0.717) is 0 Å². The third kappa shape index (κ3) is 3.51. The minimum Gasteiger partial charge on any atom is -0.492 e. The summed E-state index contributed by atoms with van der Waals surface area (Å²) in [7, 11) is 1.15. The SMILES string of the molecule is COC1=C(N=[N+]=[N-])C(=O)c2nc(-c3cccc(OC(F)(F)F)c3)ccc2C1=O. The zero-order valence-corrected chi connectivity index (χ0v) is 14.0. The Bertz CT molecular complexity index is 1070. The molecule has 0 saturated heterocycles. The van der Waals surface area contributed by atoms with Gasteiger partial charge in [-0.05, 0) is 29.8 Å². The molecule has 0 amide bonds. The first-order valence-electron chi connectivity index (χ1n) is 7.55. The van der Waals surface area contributed by atoms with Crippen LogP contribution in [0.25, 0.3) is 21.7 Å². The number of carbonyl (C=O) groups excluding carboxylic acids is 2. The van der Waals surface area contributed by atoms with Crippen molar-refractivity contribution in [1.29, 1.82) is 0 Å². The molecule has 28 heavy (non-hydrogen) atoms. The number of ether oxygens (including phenoxy) is 2. The van der Waals surface area contributed by atoms with Crippen LogP contribution in [0.1, 0.15) is 20.8 Å². The molecule has 0 saturated carbocycles. The van der Waals surface area contributed by atoms with E-state index in [1.165, 1.54) is 24.3 Å². The van der Waals surface area contributed by atoms with Gasteiger partial charge < -0.3 is 9.47 Å². The number of hydrogen-bond acceptors (Lipinski definition) is 6. The number of benzene rings is 1. The number of nitrogens with zero attached hydrogens (tertiary/aromatic N) is 4. The summed E-state index contributed by atoms with van der Waals surface area (Å²) in [6.45, 7) is 0. The van der Waals surface area contributed by atoms with Gasteiger partial charge in [0, 0.05) is 10.5 Å². The summed E-state index contributed by atoms with van der Waals surface area (Å²) in [6.07, 6.45) is -4.87. The number of Topliss-reactive ketones (excluding diaryl/α,β-unsaturated/α-hetero) is 2. The number of pyridine rings is 1. The summed E-state index contributed by atoms with van der Waals surface area (Å²) in [5.41, 5.74) is 8.04. The number of hydrogen-bond donors (Lipinski definition) is 0. The van der Waals surface area contributed by atoms with Crippen LogP contribution in [0.4, 0.5) is 13.2 Å². The van der Waals surface area contributed by atoms with Gasteiger partial charge in [0.15, 0.2) is 5.76 Å². The van der Waals surface area contributed by atoms with Gasteiger partial charge in [0.1, 0.15) is 17.1 Å². The van der Waals surface area contributed by atoms with Gasteiger partial charge in [-0.25, -0.2) is 4.98 Å². The average molecular weight is 390 g/mol. The van der Waals surface area contributed by atoms with Crippen LogP contribution < -0.4 is 4.74 Å². The van der Waals surface area contributed by atoms with Crippen LogP contribution in [0.3, 0.4) is 0 Å². The van der Waals surface area contributed by atoms with Crippen molar-refractivity contribution < 1.29 is 32.2 Å². The number of methoxy groups -OCH3 is 1. The molecular weight excluding hydrogens is 381 g/mol. The van der Waals surface area contributed by atoms with E-state index in [0.717, 1.165) is 19.2 Å².